The van der Waals surface area contributed by atoms with E-state index in [0.29, 0.717) is 16.7 Å². The zero-order valence-corrected chi connectivity index (χ0v) is 8.44. The fourth-order valence-corrected chi connectivity index (χ4v) is 1.53. The minimum Gasteiger partial charge on any atom is -0.396 e. The third-order valence-electron chi connectivity index (χ3n) is 2.36. The third-order valence-corrected chi connectivity index (χ3v) is 2.36. The molecule has 0 aliphatic carbocycles. The molecule has 16 heavy (non-hydrogen) atoms. The Labute approximate surface area is 92.8 Å². The standard InChI is InChI=1S/C13H9FN2/c14-12-7-9(5-6-13(12)16)11-4-2-1-3-10(11)8-15/h1-7H,16H2. The highest BCUT2D eigenvalue weighted by Gasteiger charge is 2.06. The molecule has 2 aromatic carbocycles. The van der Waals surface area contributed by atoms with Gasteiger partial charge in [-0.25, -0.2) is 4.39 Å². The van der Waals surface area contributed by atoms with Crippen molar-refractivity contribution in [3.05, 3.63) is 53.8 Å². The predicted molar refractivity (Wildman–Crippen MR) is 61.0 cm³/mol. The second kappa shape index (κ2) is 4.03. The predicted octanol–water partition coefficient (Wildman–Crippen LogP) is 2.95. The first-order chi connectivity index (χ1) is 7.72. The smallest absolute Gasteiger partial charge is 0.146 e. The fourth-order valence-electron chi connectivity index (χ4n) is 1.53. The molecular formula is C13H9FN2. The van der Waals surface area contributed by atoms with Gasteiger partial charge < -0.3 is 5.73 Å². The van der Waals surface area contributed by atoms with E-state index in [1.165, 1.54) is 12.1 Å². The molecule has 0 unspecified atom stereocenters. The lowest BCUT2D eigenvalue weighted by molar-refractivity contribution is 0.633. The Morgan fingerprint density at radius 1 is 1.12 bits per heavy atom. The van der Waals surface area contributed by atoms with Crippen molar-refractivity contribution in [1.82, 2.24) is 0 Å². The van der Waals surface area contributed by atoms with E-state index in [9.17, 15) is 4.39 Å². The molecule has 0 heterocycles. The molecule has 3 heteroatoms. The summed E-state index contributed by atoms with van der Waals surface area (Å²) in [6.07, 6.45) is 0. The summed E-state index contributed by atoms with van der Waals surface area (Å²) < 4.78 is 13.3. The number of hydrogen-bond acceptors (Lipinski definition) is 2. The Kier molecular flexibility index (Phi) is 2.57. The number of nitrogens with zero attached hydrogens (tertiary/aromatic N) is 1. The Bertz CT molecular complexity index is 570. The van der Waals surface area contributed by atoms with Gasteiger partial charge in [0.1, 0.15) is 5.82 Å². The lowest BCUT2D eigenvalue weighted by Crippen LogP contribution is -1.91. The topological polar surface area (TPSA) is 49.8 Å². The van der Waals surface area contributed by atoms with Crippen LogP contribution in [0.2, 0.25) is 0 Å². The maximum absolute atomic E-state index is 13.3. The number of halogens is 1. The molecule has 2 nitrogen and oxygen atoms in total. The van der Waals surface area contributed by atoms with Crippen LogP contribution in [-0.2, 0) is 0 Å². The molecule has 0 amide bonds. The molecular weight excluding hydrogens is 203 g/mol. The first-order valence-corrected chi connectivity index (χ1v) is 4.77. The van der Waals surface area contributed by atoms with Crippen molar-refractivity contribution in [2.75, 3.05) is 5.73 Å². The molecule has 0 atom stereocenters. The van der Waals surface area contributed by atoms with Gasteiger partial charge in [-0.3, -0.25) is 0 Å². The van der Waals surface area contributed by atoms with E-state index in [1.807, 2.05) is 6.07 Å². The van der Waals surface area contributed by atoms with E-state index in [4.69, 9.17) is 11.0 Å². The summed E-state index contributed by atoms with van der Waals surface area (Å²) in [5.74, 6) is -0.467. The number of anilines is 1. The highest BCUT2D eigenvalue weighted by Crippen LogP contribution is 2.25. The molecule has 0 aliphatic rings. The molecule has 0 bridgehead atoms. The average Bonchev–Trinajstić information content (AvgIpc) is 2.32. The molecule has 0 aromatic heterocycles. The van der Waals surface area contributed by atoms with Gasteiger partial charge in [0, 0.05) is 0 Å². The van der Waals surface area contributed by atoms with Crippen molar-refractivity contribution in [2.24, 2.45) is 0 Å². The number of nitrogens with two attached hydrogens (primary N) is 1. The van der Waals surface area contributed by atoms with Crippen LogP contribution in [0.5, 0.6) is 0 Å². The first kappa shape index (κ1) is 10.2. The van der Waals surface area contributed by atoms with Crippen molar-refractivity contribution in [1.29, 1.82) is 5.26 Å². The average molecular weight is 212 g/mol. The fraction of sp³-hybridized carbons (Fsp3) is 0. The highest BCUT2D eigenvalue weighted by molar-refractivity contribution is 5.71. The van der Waals surface area contributed by atoms with Crippen LogP contribution < -0.4 is 5.73 Å². The second-order valence-corrected chi connectivity index (χ2v) is 3.39. The summed E-state index contributed by atoms with van der Waals surface area (Å²) in [5, 5.41) is 8.94. The minimum absolute atomic E-state index is 0.109. The number of benzene rings is 2. The first-order valence-electron chi connectivity index (χ1n) is 4.77. The molecule has 0 radical (unpaired) electrons. The van der Waals surface area contributed by atoms with Gasteiger partial charge in [-0.15, -0.1) is 0 Å². The van der Waals surface area contributed by atoms with Gasteiger partial charge in [0.15, 0.2) is 0 Å². The molecule has 0 spiro atoms. The summed E-state index contributed by atoms with van der Waals surface area (Å²) in [4.78, 5) is 0. The van der Waals surface area contributed by atoms with Crippen LogP contribution in [-0.4, -0.2) is 0 Å². The molecule has 2 rings (SSSR count). The maximum Gasteiger partial charge on any atom is 0.146 e. The van der Waals surface area contributed by atoms with E-state index in [1.54, 1.807) is 24.3 Å². The Morgan fingerprint density at radius 3 is 2.56 bits per heavy atom. The van der Waals surface area contributed by atoms with E-state index in [-0.39, 0.29) is 5.69 Å². The van der Waals surface area contributed by atoms with Gasteiger partial charge in [-0.2, -0.15) is 5.26 Å². The van der Waals surface area contributed by atoms with Gasteiger partial charge in [-0.05, 0) is 29.3 Å². The van der Waals surface area contributed by atoms with Crippen molar-refractivity contribution >= 4 is 5.69 Å². The molecule has 0 saturated heterocycles. The SMILES string of the molecule is N#Cc1ccccc1-c1ccc(N)c(F)c1. The van der Waals surface area contributed by atoms with E-state index in [0.717, 1.165) is 0 Å². The summed E-state index contributed by atoms with van der Waals surface area (Å²) in [6.45, 7) is 0. The largest absolute Gasteiger partial charge is 0.396 e. The summed E-state index contributed by atoms with van der Waals surface area (Å²) in [6, 6.07) is 13.7. The number of rotatable bonds is 1. The zero-order valence-electron chi connectivity index (χ0n) is 8.44. The number of nitriles is 1. The Morgan fingerprint density at radius 2 is 1.88 bits per heavy atom. The lowest BCUT2D eigenvalue weighted by Gasteiger charge is -2.05. The van der Waals surface area contributed by atoms with Crippen LogP contribution >= 0.6 is 0 Å². The van der Waals surface area contributed by atoms with Gasteiger partial charge >= 0.3 is 0 Å². The Balaban J connectivity index is 2.60. The molecule has 0 aliphatic heterocycles. The molecule has 0 fully saturated rings. The summed E-state index contributed by atoms with van der Waals surface area (Å²) >= 11 is 0. The van der Waals surface area contributed by atoms with Crippen molar-refractivity contribution in [3.63, 3.8) is 0 Å². The molecule has 2 aromatic rings. The normalized spacial score (nSPS) is 9.75. The third kappa shape index (κ3) is 1.73. The van der Waals surface area contributed by atoms with Crippen LogP contribution in [0, 0.1) is 17.1 Å². The quantitative estimate of drug-likeness (QED) is 0.739. The van der Waals surface area contributed by atoms with Gasteiger partial charge in [-0.1, -0.05) is 24.3 Å². The molecule has 78 valence electrons. The van der Waals surface area contributed by atoms with Crippen molar-refractivity contribution in [3.8, 4) is 17.2 Å². The number of nitrogen functional groups attached to an aromatic ring is 1. The van der Waals surface area contributed by atoms with E-state index >= 15 is 0 Å². The van der Waals surface area contributed by atoms with Crippen LogP contribution in [0.4, 0.5) is 10.1 Å². The lowest BCUT2D eigenvalue weighted by atomic mass is 10.0. The van der Waals surface area contributed by atoms with E-state index < -0.39 is 5.82 Å². The van der Waals surface area contributed by atoms with Crippen molar-refractivity contribution < 1.29 is 4.39 Å². The zero-order chi connectivity index (χ0) is 11.5. The van der Waals surface area contributed by atoms with Crippen LogP contribution in [0.25, 0.3) is 11.1 Å². The van der Waals surface area contributed by atoms with Gasteiger partial charge in [0.2, 0.25) is 0 Å². The number of hydrogen-bond donors (Lipinski definition) is 1. The maximum atomic E-state index is 13.3. The van der Waals surface area contributed by atoms with E-state index in [2.05, 4.69) is 6.07 Å². The van der Waals surface area contributed by atoms with Gasteiger partial charge in [0.25, 0.3) is 0 Å². The highest BCUT2D eigenvalue weighted by atomic mass is 19.1. The summed E-state index contributed by atoms with van der Waals surface area (Å²) in [5.41, 5.74) is 7.40. The monoisotopic (exact) mass is 212 g/mol. The van der Waals surface area contributed by atoms with Crippen LogP contribution in [0.3, 0.4) is 0 Å². The van der Waals surface area contributed by atoms with Crippen molar-refractivity contribution in [2.45, 2.75) is 0 Å². The van der Waals surface area contributed by atoms with Crippen LogP contribution in [0.15, 0.2) is 42.5 Å². The molecule has 0 saturated carbocycles. The van der Waals surface area contributed by atoms with Gasteiger partial charge in [0.05, 0.1) is 17.3 Å². The van der Waals surface area contributed by atoms with Crippen LogP contribution in [0.1, 0.15) is 5.56 Å². The minimum atomic E-state index is -0.467. The molecule has 2 N–H and O–H groups in total. The second-order valence-electron chi connectivity index (χ2n) is 3.39. The summed E-state index contributed by atoms with van der Waals surface area (Å²) in [7, 11) is 0. The Hall–Kier alpha value is -2.34.